The lowest BCUT2D eigenvalue weighted by Crippen LogP contribution is -1.94. The predicted octanol–water partition coefficient (Wildman–Crippen LogP) is 6.92. The van der Waals surface area contributed by atoms with Crippen LogP contribution in [0.25, 0.3) is 22.4 Å². The smallest absolute Gasteiger partial charge is 0.312 e. The Bertz CT molecular complexity index is 1240. The second-order valence-electron chi connectivity index (χ2n) is 6.83. The van der Waals surface area contributed by atoms with Gasteiger partial charge in [-0.05, 0) is 79.1 Å². The SMILES string of the molecule is Cc1cc2nc(/C=C/c3ccc(Oc4ccc(F)cc4)c([N+](=O)[O-])c3)sc2cc1C. The molecule has 0 amide bonds. The molecule has 4 rings (SSSR count). The minimum absolute atomic E-state index is 0.0923. The Kier molecular flexibility index (Phi) is 5.29. The highest BCUT2D eigenvalue weighted by atomic mass is 32.1. The zero-order valence-corrected chi connectivity index (χ0v) is 17.1. The third-order valence-electron chi connectivity index (χ3n) is 4.66. The minimum Gasteiger partial charge on any atom is -0.450 e. The minimum atomic E-state index is -0.501. The van der Waals surface area contributed by atoms with Crippen molar-refractivity contribution in [1.29, 1.82) is 0 Å². The largest absolute Gasteiger partial charge is 0.450 e. The van der Waals surface area contributed by atoms with Crippen LogP contribution in [0.2, 0.25) is 0 Å². The average molecular weight is 420 g/mol. The van der Waals surface area contributed by atoms with Crippen LogP contribution in [0, 0.1) is 29.8 Å². The Balaban J connectivity index is 1.60. The molecule has 150 valence electrons. The highest BCUT2D eigenvalue weighted by Crippen LogP contribution is 2.33. The van der Waals surface area contributed by atoms with E-state index in [1.54, 1.807) is 23.5 Å². The van der Waals surface area contributed by atoms with Crippen LogP contribution in [0.1, 0.15) is 21.7 Å². The Morgan fingerprint density at radius 1 is 1.03 bits per heavy atom. The normalized spacial score (nSPS) is 11.3. The summed E-state index contributed by atoms with van der Waals surface area (Å²) in [5.74, 6) is 0.00931. The summed E-state index contributed by atoms with van der Waals surface area (Å²) in [4.78, 5) is 15.6. The fourth-order valence-corrected chi connectivity index (χ4v) is 3.88. The molecule has 7 heteroatoms. The van der Waals surface area contributed by atoms with Crippen molar-refractivity contribution in [2.24, 2.45) is 0 Å². The zero-order chi connectivity index (χ0) is 21.3. The molecule has 0 aliphatic carbocycles. The molecule has 3 aromatic carbocycles. The molecule has 0 saturated heterocycles. The summed E-state index contributed by atoms with van der Waals surface area (Å²) in [6, 6.07) is 14.2. The van der Waals surface area contributed by atoms with E-state index in [9.17, 15) is 14.5 Å². The fourth-order valence-electron chi connectivity index (χ4n) is 2.93. The molecule has 4 aromatic rings. The summed E-state index contributed by atoms with van der Waals surface area (Å²) in [5.41, 5.74) is 3.83. The van der Waals surface area contributed by atoms with E-state index < -0.39 is 10.7 Å². The first-order valence-corrected chi connectivity index (χ1v) is 9.98. The lowest BCUT2D eigenvalue weighted by molar-refractivity contribution is -0.385. The average Bonchev–Trinajstić information content (AvgIpc) is 3.10. The van der Waals surface area contributed by atoms with Gasteiger partial charge in [0.1, 0.15) is 16.6 Å². The van der Waals surface area contributed by atoms with Gasteiger partial charge in [-0.1, -0.05) is 12.1 Å². The number of aromatic nitrogens is 1. The fraction of sp³-hybridized carbons (Fsp3) is 0.0870. The van der Waals surface area contributed by atoms with Gasteiger partial charge in [-0.2, -0.15) is 0 Å². The number of hydrogen-bond acceptors (Lipinski definition) is 5. The number of rotatable bonds is 5. The first-order valence-electron chi connectivity index (χ1n) is 9.17. The van der Waals surface area contributed by atoms with Crippen LogP contribution in [0.5, 0.6) is 11.5 Å². The molecule has 0 bridgehead atoms. The van der Waals surface area contributed by atoms with Crippen molar-refractivity contribution in [2.75, 3.05) is 0 Å². The molecule has 0 fully saturated rings. The molecule has 0 aliphatic heterocycles. The van der Waals surface area contributed by atoms with Crippen molar-refractivity contribution in [3.05, 3.63) is 92.2 Å². The van der Waals surface area contributed by atoms with E-state index in [4.69, 9.17) is 4.74 Å². The van der Waals surface area contributed by atoms with Crippen molar-refractivity contribution in [2.45, 2.75) is 13.8 Å². The van der Waals surface area contributed by atoms with Crippen molar-refractivity contribution in [3.8, 4) is 11.5 Å². The zero-order valence-electron chi connectivity index (χ0n) is 16.3. The molecule has 5 nitrogen and oxygen atoms in total. The van der Waals surface area contributed by atoms with Crippen LogP contribution in [-0.4, -0.2) is 9.91 Å². The molecule has 0 spiro atoms. The van der Waals surface area contributed by atoms with E-state index in [-0.39, 0.29) is 11.4 Å². The van der Waals surface area contributed by atoms with Gasteiger partial charge < -0.3 is 4.74 Å². The quantitative estimate of drug-likeness (QED) is 0.259. The molecule has 0 atom stereocenters. The van der Waals surface area contributed by atoms with Gasteiger partial charge in [0.05, 0.1) is 15.1 Å². The summed E-state index contributed by atoms with van der Waals surface area (Å²) in [6.45, 7) is 4.12. The molecule has 0 unspecified atom stereocenters. The van der Waals surface area contributed by atoms with Crippen LogP contribution in [0.3, 0.4) is 0 Å². The van der Waals surface area contributed by atoms with Gasteiger partial charge >= 0.3 is 5.69 Å². The Morgan fingerprint density at radius 3 is 2.50 bits per heavy atom. The van der Waals surface area contributed by atoms with Crippen LogP contribution >= 0.6 is 11.3 Å². The van der Waals surface area contributed by atoms with Gasteiger partial charge in [0.15, 0.2) is 0 Å². The molecular weight excluding hydrogens is 403 g/mol. The molecule has 0 aliphatic rings. The topological polar surface area (TPSA) is 65.3 Å². The van der Waals surface area contributed by atoms with Crippen molar-refractivity contribution < 1.29 is 14.1 Å². The van der Waals surface area contributed by atoms with Crippen LogP contribution < -0.4 is 4.74 Å². The number of halogens is 1. The number of fused-ring (bicyclic) bond motifs is 1. The Labute approximate surface area is 176 Å². The van der Waals surface area contributed by atoms with Crippen LogP contribution in [0.4, 0.5) is 10.1 Å². The third kappa shape index (κ3) is 4.21. The number of nitro benzene ring substituents is 1. The van der Waals surface area contributed by atoms with Crippen molar-refractivity contribution in [1.82, 2.24) is 4.98 Å². The number of benzene rings is 3. The highest BCUT2D eigenvalue weighted by Gasteiger charge is 2.16. The number of hydrogen-bond donors (Lipinski definition) is 0. The van der Waals surface area contributed by atoms with Gasteiger partial charge in [0.2, 0.25) is 5.75 Å². The Morgan fingerprint density at radius 2 is 1.77 bits per heavy atom. The first kappa shape index (κ1) is 19.7. The van der Waals surface area contributed by atoms with E-state index in [2.05, 4.69) is 31.0 Å². The van der Waals surface area contributed by atoms with E-state index in [1.165, 1.54) is 47.5 Å². The molecule has 0 N–H and O–H groups in total. The number of ether oxygens (including phenoxy) is 1. The second kappa shape index (κ2) is 8.04. The highest BCUT2D eigenvalue weighted by molar-refractivity contribution is 7.19. The van der Waals surface area contributed by atoms with Crippen molar-refractivity contribution >= 4 is 39.4 Å². The maximum atomic E-state index is 13.0. The van der Waals surface area contributed by atoms with Gasteiger partial charge in [-0.15, -0.1) is 11.3 Å². The number of nitrogens with zero attached hydrogens (tertiary/aromatic N) is 2. The maximum absolute atomic E-state index is 13.0. The maximum Gasteiger partial charge on any atom is 0.312 e. The molecule has 30 heavy (non-hydrogen) atoms. The number of aryl methyl sites for hydroxylation is 2. The van der Waals surface area contributed by atoms with E-state index >= 15 is 0 Å². The first-order chi connectivity index (χ1) is 14.4. The molecular formula is C23H17FN2O3S. The lowest BCUT2D eigenvalue weighted by Gasteiger charge is -2.07. The summed E-state index contributed by atoms with van der Waals surface area (Å²) in [7, 11) is 0. The van der Waals surface area contributed by atoms with E-state index in [1.807, 2.05) is 6.08 Å². The number of nitro groups is 1. The molecule has 1 aromatic heterocycles. The van der Waals surface area contributed by atoms with Crippen molar-refractivity contribution in [3.63, 3.8) is 0 Å². The monoisotopic (exact) mass is 420 g/mol. The molecule has 0 radical (unpaired) electrons. The van der Waals surface area contributed by atoms with Gasteiger partial charge in [0.25, 0.3) is 0 Å². The third-order valence-corrected chi connectivity index (χ3v) is 5.64. The summed E-state index contributed by atoms with van der Waals surface area (Å²) in [6.07, 6.45) is 3.63. The lowest BCUT2D eigenvalue weighted by atomic mass is 10.1. The summed E-state index contributed by atoms with van der Waals surface area (Å²) >= 11 is 1.57. The molecule has 1 heterocycles. The predicted molar refractivity (Wildman–Crippen MR) is 118 cm³/mol. The van der Waals surface area contributed by atoms with Gasteiger partial charge in [0, 0.05) is 6.07 Å². The second-order valence-corrected chi connectivity index (χ2v) is 7.89. The summed E-state index contributed by atoms with van der Waals surface area (Å²) < 4.78 is 19.7. The van der Waals surface area contributed by atoms with Gasteiger partial charge in [-0.3, -0.25) is 10.1 Å². The van der Waals surface area contributed by atoms with E-state index in [0.717, 1.165) is 15.2 Å². The van der Waals surface area contributed by atoms with Crippen LogP contribution in [0.15, 0.2) is 54.6 Å². The summed E-state index contributed by atoms with van der Waals surface area (Å²) in [5, 5.41) is 12.3. The molecule has 0 saturated carbocycles. The standard InChI is InChI=1S/C23H17FN2O3S/c1-14-11-19-22(12-15(14)2)30-23(25-19)10-4-16-3-9-21(20(13-16)26(27)28)29-18-7-5-17(24)6-8-18/h3-13H,1-2H3/b10-4+. The van der Waals surface area contributed by atoms with Crippen LogP contribution in [-0.2, 0) is 0 Å². The number of thiazole rings is 1. The Hall–Kier alpha value is -3.58. The van der Waals surface area contributed by atoms with Gasteiger partial charge in [-0.25, -0.2) is 9.37 Å². The van der Waals surface area contributed by atoms with E-state index in [0.29, 0.717) is 11.3 Å².